The van der Waals surface area contributed by atoms with E-state index >= 15 is 0 Å². The van der Waals surface area contributed by atoms with Gasteiger partial charge >= 0.3 is 0 Å². The maximum Gasteiger partial charge on any atom is 0.100 e. The van der Waals surface area contributed by atoms with Crippen molar-refractivity contribution in [3.8, 4) is 0 Å². The summed E-state index contributed by atoms with van der Waals surface area (Å²) in [6.45, 7) is -0.175. The number of alkyl halides is 2. The molecular formula is C11H21F3O4. The molecule has 0 saturated carbocycles. The fourth-order valence-corrected chi connectivity index (χ4v) is 1.56. The van der Waals surface area contributed by atoms with Crippen LogP contribution in [0.1, 0.15) is 51.4 Å². The van der Waals surface area contributed by atoms with E-state index in [4.69, 9.17) is 0 Å². The lowest BCUT2D eigenvalue weighted by Crippen LogP contribution is -2.00. The molecule has 0 amide bonds. The Kier molecular flexibility index (Phi) is 14.4. The predicted molar refractivity (Wildman–Crippen MR) is 58.1 cm³/mol. The zero-order valence-corrected chi connectivity index (χ0v) is 10.4. The Labute approximate surface area is 105 Å². The molecule has 0 aliphatic rings. The van der Waals surface area contributed by atoms with Crippen LogP contribution in [0, 0.1) is 0 Å². The summed E-state index contributed by atoms with van der Waals surface area (Å²) in [5.41, 5.74) is 0. The Morgan fingerprint density at radius 1 is 0.833 bits per heavy atom. The van der Waals surface area contributed by atoms with Gasteiger partial charge in [-0.05, 0) is 40.3 Å². The molecule has 0 fully saturated rings. The monoisotopic (exact) mass is 274 g/mol. The zero-order chi connectivity index (χ0) is 13.5. The highest BCUT2D eigenvalue weighted by Crippen LogP contribution is 2.13. The molecule has 0 N–H and O–H groups in total. The maximum absolute atomic E-state index is 13.1. The van der Waals surface area contributed by atoms with Crippen LogP contribution in [-0.2, 0) is 20.1 Å². The molecule has 0 bridgehead atoms. The van der Waals surface area contributed by atoms with Crippen LogP contribution in [0.4, 0.5) is 13.3 Å². The first kappa shape index (κ1) is 17.6. The van der Waals surface area contributed by atoms with Gasteiger partial charge in [0.1, 0.15) is 6.17 Å². The van der Waals surface area contributed by atoms with Crippen LogP contribution in [-0.4, -0.2) is 19.5 Å². The van der Waals surface area contributed by atoms with Crippen LogP contribution in [0.5, 0.6) is 0 Å². The van der Waals surface area contributed by atoms with Crippen LogP contribution >= 0.6 is 0 Å². The summed E-state index contributed by atoms with van der Waals surface area (Å²) >= 11 is 0. The van der Waals surface area contributed by atoms with Crippen molar-refractivity contribution in [3.63, 3.8) is 0 Å². The highest BCUT2D eigenvalue weighted by Gasteiger charge is 2.05. The van der Waals surface area contributed by atoms with Crippen molar-refractivity contribution in [3.05, 3.63) is 0 Å². The van der Waals surface area contributed by atoms with E-state index in [-0.39, 0.29) is 6.61 Å². The Morgan fingerprint density at radius 3 is 2.22 bits per heavy atom. The molecule has 0 aliphatic carbocycles. The minimum absolute atomic E-state index is 0.269. The Morgan fingerprint density at radius 2 is 1.50 bits per heavy atom. The first-order chi connectivity index (χ1) is 8.81. The van der Waals surface area contributed by atoms with E-state index in [0.717, 1.165) is 32.1 Å². The second kappa shape index (κ2) is 14.7. The average molecular weight is 274 g/mol. The first-order valence-corrected chi connectivity index (χ1v) is 6.24. The number of hydrogen-bond donors (Lipinski definition) is 0. The van der Waals surface area contributed by atoms with Gasteiger partial charge in [-0.15, -0.1) is 0 Å². The topological polar surface area (TPSA) is 36.9 Å². The molecule has 0 rings (SSSR count). The summed E-state index contributed by atoms with van der Waals surface area (Å²) in [6, 6.07) is 0. The molecule has 0 spiro atoms. The third-order valence-electron chi connectivity index (χ3n) is 2.50. The fourth-order valence-electron chi connectivity index (χ4n) is 1.56. The number of hydrogen-bond acceptors (Lipinski definition) is 4. The van der Waals surface area contributed by atoms with Gasteiger partial charge in [0.2, 0.25) is 0 Å². The summed E-state index contributed by atoms with van der Waals surface area (Å²) in [5, 5.41) is 9.83. The Hall–Kier alpha value is -0.370. The van der Waals surface area contributed by atoms with Gasteiger partial charge in [0.25, 0.3) is 0 Å². The molecule has 1 unspecified atom stereocenters. The molecule has 0 radical (unpaired) electrons. The molecule has 0 aliphatic heterocycles. The van der Waals surface area contributed by atoms with Crippen molar-refractivity contribution in [1.82, 2.24) is 0 Å². The number of rotatable bonds is 14. The highest BCUT2D eigenvalue weighted by atomic mass is 19.3. The fraction of sp³-hybridized carbons (Fsp3) is 1.00. The van der Waals surface area contributed by atoms with Crippen molar-refractivity contribution >= 4 is 0 Å². The molecular weight excluding hydrogens is 253 g/mol. The molecule has 0 heterocycles. The number of halogens is 3. The van der Waals surface area contributed by atoms with Gasteiger partial charge in [0, 0.05) is 5.09 Å². The van der Waals surface area contributed by atoms with Gasteiger partial charge < -0.3 is 0 Å². The van der Waals surface area contributed by atoms with Crippen LogP contribution in [0.3, 0.4) is 0 Å². The average Bonchev–Trinajstić information content (AvgIpc) is 2.38. The van der Waals surface area contributed by atoms with E-state index in [2.05, 4.69) is 20.1 Å². The maximum atomic E-state index is 13.1. The standard InChI is InChI=1S/C11H21F3O4/c12-9-6-8-11(13)7-4-2-1-3-5-10-15-17-18-16-14/h11H,1-10H2. The van der Waals surface area contributed by atoms with E-state index < -0.39 is 12.8 Å². The van der Waals surface area contributed by atoms with Crippen molar-refractivity contribution < 1.29 is 33.4 Å². The van der Waals surface area contributed by atoms with Crippen molar-refractivity contribution in [2.75, 3.05) is 13.3 Å². The molecule has 4 nitrogen and oxygen atoms in total. The lowest BCUT2D eigenvalue weighted by Gasteiger charge is -2.06. The molecule has 18 heavy (non-hydrogen) atoms. The van der Waals surface area contributed by atoms with Crippen LogP contribution in [0.25, 0.3) is 0 Å². The smallest absolute Gasteiger partial charge is 0.100 e. The van der Waals surface area contributed by atoms with Gasteiger partial charge in [-0.3, -0.25) is 4.39 Å². The van der Waals surface area contributed by atoms with E-state index in [1.807, 2.05) is 0 Å². The molecule has 0 aromatic heterocycles. The number of unbranched alkanes of at least 4 members (excludes halogenated alkanes) is 4. The molecule has 7 heteroatoms. The van der Waals surface area contributed by atoms with Gasteiger partial charge in [-0.25, -0.2) is 9.28 Å². The SMILES string of the molecule is FCCCC(F)CCCCCCCOOOOF. The van der Waals surface area contributed by atoms with Crippen molar-refractivity contribution in [2.45, 2.75) is 57.5 Å². The molecule has 1 atom stereocenters. The van der Waals surface area contributed by atoms with Crippen molar-refractivity contribution in [1.29, 1.82) is 0 Å². The van der Waals surface area contributed by atoms with Crippen molar-refractivity contribution in [2.24, 2.45) is 0 Å². The zero-order valence-electron chi connectivity index (χ0n) is 10.4. The minimum Gasteiger partial charge on any atom is -0.251 e. The molecule has 0 saturated heterocycles. The quantitative estimate of drug-likeness (QED) is 0.271. The van der Waals surface area contributed by atoms with Crippen LogP contribution in [0.2, 0.25) is 0 Å². The minimum atomic E-state index is -0.879. The van der Waals surface area contributed by atoms with Gasteiger partial charge in [-0.1, -0.05) is 25.7 Å². The Bertz CT molecular complexity index is 163. The predicted octanol–water partition coefficient (Wildman–Crippen LogP) is 4.11. The second-order valence-corrected chi connectivity index (χ2v) is 4.01. The molecule has 0 aromatic carbocycles. The summed E-state index contributed by atoms with van der Waals surface area (Å²) < 4.78 is 35.7. The van der Waals surface area contributed by atoms with Crippen LogP contribution < -0.4 is 0 Å². The summed E-state index contributed by atoms with van der Waals surface area (Å²) in [6.07, 6.45) is 4.58. The van der Waals surface area contributed by atoms with Gasteiger partial charge in [0.15, 0.2) is 0 Å². The van der Waals surface area contributed by atoms with Gasteiger partial charge in [0.05, 0.1) is 13.3 Å². The molecule has 110 valence electrons. The summed E-state index contributed by atoms with van der Waals surface area (Å²) in [4.78, 5) is 4.38. The third kappa shape index (κ3) is 13.7. The Balaban J connectivity index is 3.02. The highest BCUT2D eigenvalue weighted by molar-refractivity contribution is 4.56. The largest absolute Gasteiger partial charge is 0.251 e. The normalized spacial score (nSPS) is 12.8. The summed E-state index contributed by atoms with van der Waals surface area (Å²) in [5.74, 6) is 0. The summed E-state index contributed by atoms with van der Waals surface area (Å²) in [7, 11) is 0. The second-order valence-electron chi connectivity index (χ2n) is 4.01. The van der Waals surface area contributed by atoms with Gasteiger partial charge in [-0.2, -0.15) is 0 Å². The van der Waals surface area contributed by atoms with E-state index in [1.165, 1.54) is 0 Å². The van der Waals surface area contributed by atoms with Crippen LogP contribution in [0.15, 0.2) is 0 Å². The van der Waals surface area contributed by atoms with E-state index in [0.29, 0.717) is 19.3 Å². The van der Waals surface area contributed by atoms with E-state index in [9.17, 15) is 13.3 Å². The van der Waals surface area contributed by atoms with E-state index in [1.54, 1.807) is 0 Å². The first-order valence-electron chi connectivity index (χ1n) is 6.24. The third-order valence-corrected chi connectivity index (χ3v) is 2.50. The lowest BCUT2D eigenvalue weighted by molar-refractivity contribution is -0.679. The lowest BCUT2D eigenvalue weighted by atomic mass is 10.1. The molecule has 0 aromatic rings.